The minimum atomic E-state index is -0.448. The normalized spacial score (nSPS) is 45.6. The summed E-state index contributed by atoms with van der Waals surface area (Å²) in [6, 6.07) is 0. The van der Waals surface area contributed by atoms with E-state index in [1.54, 1.807) is 0 Å². The van der Waals surface area contributed by atoms with Gasteiger partial charge in [-0.1, -0.05) is 52.6 Å². The Morgan fingerprint density at radius 1 is 1.31 bits per heavy atom. The molecule has 2 aliphatic carbocycles. The second kappa shape index (κ2) is 2.41. The van der Waals surface area contributed by atoms with Crippen LogP contribution in [0.25, 0.3) is 0 Å². The summed E-state index contributed by atoms with van der Waals surface area (Å²) in [5.41, 5.74) is -0.0122. The van der Waals surface area contributed by atoms with Gasteiger partial charge in [-0.2, -0.15) is 0 Å². The van der Waals surface area contributed by atoms with E-state index in [0.29, 0.717) is 11.7 Å². The largest absolute Gasteiger partial charge is 0.296 e. The number of hydrogen-bond acceptors (Lipinski definition) is 1. The predicted octanol–water partition coefficient (Wildman–Crippen LogP) is 3.50. The molecule has 0 spiro atoms. The van der Waals surface area contributed by atoms with Gasteiger partial charge in [0.2, 0.25) is 0 Å². The molecule has 0 N–H and O–H groups in total. The van der Waals surface area contributed by atoms with E-state index < -0.39 is 3.23 Å². The van der Waals surface area contributed by atoms with E-state index in [0.717, 1.165) is 12.8 Å². The standard InChI is InChI=1S/C10H14Br2O/c1-8(2)6-4-5-9(8,3)7(13)10(6,11)12/h6H,4-5H2,1-3H3/t6-,9+/m1/s1. The van der Waals surface area contributed by atoms with Gasteiger partial charge in [0, 0.05) is 5.41 Å². The van der Waals surface area contributed by atoms with Crippen LogP contribution in [0, 0.1) is 16.7 Å². The summed E-state index contributed by atoms with van der Waals surface area (Å²) in [7, 11) is 0. The van der Waals surface area contributed by atoms with E-state index in [2.05, 4.69) is 52.6 Å². The molecule has 1 nitrogen and oxygen atoms in total. The minimum absolute atomic E-state index is 0.122. The van der Waals surface area contributed by atoms with Crippen LogP contribution in [-0.4, -0.2) is 9.02 Å². The average molecular weight is 310 g/mol. The number of hydrogen-bond donors (Lipinski definition) is 0. The van der Waals surface area contributed by atoms with Crippen LogP contribution in [0.1, 0.15) is 33.6 Å². The first-order valence-electron chi connectivity index (χ1n) is 4.67. The second-order valence-electron chi connectivity index (χ2n) is 5.10. The molecular formula is C10H14Br2O. The number of carbonyl (C=O) groups excluding carboxylic acids is 1. The molecule has 2 saturated carbocycles. The fraction of sp³-hybridized carbons (Fsp3) is 0.900. The highest BCUT2D eigenvalue weighted by molar-refractivity contribution is 9.26. The van der Waals surface area contributed by atoms with Crippen molar-refractivity contribution in [3.63, 3.8) is 0 Å². The fourth-order valence-corrected chi connectivity index (χ4v) is 5.54. The van der Waals surface area contributed by atoms with E-state index in [-0.39, 0.29) is 10.8 Å². The van der Waals surface area contributed by atoms with E-state index >= 15 is 0 Å². The summed E-state index contributed by atoms with van der Waals surface area (Å²) in [5, 5.41) is 0. The summed E-state index contributed by atoms with van der Waals surface area (Å²) < 4.78 is -0.448. The second-order valence-corrected chi connectivity index (χ2v) is 8.66. The number of alkyl halides is 2. The molecule has 2 bridgehead atoms. The third kappa shape index (κ3) is 0.909. The summed E-state index contributed by atoms with van der Waals surface area (Å²) >= 11 is 7.09. The summed E-state index contributed by atoms with van der Waals surface area (Å²) in [4.78, 5) is 12.1. The van der Waals surface area contributed by atoms with Crippen LogP contribution in [0.2, 0.25) is 0 Å². The lowest BCUT2D eigenvalue weighted by Gasteiger charge is -2.31. The van der Waals surface area contributed by atoms with Gasteiger partial charge >= 0.3 is 0 Å². The molecule has 3 heteroatoms. The molecule has 2 atom stereocenters. The van der Waals surface area contributed by atoms with Gasteiger partial charge in [0.05, 0.1) is 0 Å². The number of halogens is 2. The number of rotatable bonds is 0. The Balaban J connectivity index is 2.58. The van der Waals surface area contributed by atoms with Gasteiger partial charge < -0.3 is 0 Å². The predicted molar refractivity (Wildman–Crippen MR) is 60.2 cm³/mol. The zero-order valence-corrected chi connectivity index (χ0v) is 11.3. The van der Waals surface area contributed by atoms with Crippen molar-refractivity contribution in [1.82, 2.24) is 0 Å². The van der Waals surface area contributed by atoms with Gasteiger partial charge in [-0.25, -0.2) is 0 Å². The van der Waals surface area contributed by atoms with Crippen molar-refractivity contribution < 1.29 is 4.79 Å². The van der Waals surface area contributed by atoms with Gasteiger partial charge in [0.1, 0.15) is 3.23 Å². The molecule has 0 amide bonds. The first-order valence-corrected chi connectivity index (χ1v) is 6.26. The Labute approximate surface area is 95.9 Å². The zero-order valence-electron chi connectivity index (χ0n) is 8.16. The Kier molecular flexibility index (Phi) is 1.88. The topological polar surface area (TPSA) is 17.1 Å². The van der Waals surface area contributed by atoms with Crippen LogP contribution in [0.15, 0.2) is 0 Å². The number of carbonyl (C=O) groups is 1. The van der Waals surface area contributed by atoms with Crippen molar-refractivity contribution in [3.8, 4) is 0 Å². The number of fused-ring (bicyclic) bond motifs is 2. The van der Waals surface area contributed by atoms with Crippen molar-refractivity contribution in [3.05, 3.63) is 0 Å². The first kappa shape index (κ1) is 10.2. The molecule has 2 rings (SSSR count). The van der Waals surface area contributed by atoms with Gasteiger partial charge in [-0.05, 0) is 24.2 Å². The maximum absolute atomic E-state index is 12.1. The lowest BCUT2D eigenvalue weighted by Crippen LogP contribution is -2.36. The Bertz CT molecular complexity index is 283. The Morgan fingerprint density at radius 2 is 1.85 bits per heavy atom. The third-order valence-electron chi connectivity index (χ3n) is 4.47. The maximum Gasteiger partial charge on any atom is 0.166 e. The fourth-order valence-electron chi connectivity index (χ4n) is 3.07. The van der Waals surface area contributed by atoms with E-state index in [9.17, 15) is 4.79 Å². The maximum atomic E-state index is 12.1. The van der Waals surface area contributed by atoms with Gasteiger partial charge in [0.15, 0.2) is 5.78 Å². The first-order chi connectivity index (χ1) is 5.74. The van der Waals surface area contributed by atoms with Gasteiger partial charge in [-0.3, -0.25) is 4.79 Å². The van der Waals surface area contributed by atoms with E-state index in [1.165, 1.54) is 0 Å². The minimum Gasteiger partial charge on any atom is -0.296 e. The molecule has 2 fully saturated rings. The van der Waals surface area contributed by atoms with Crippen LogP contribution in [-0.2, 0) is 4.79 Å². The summed E-state index contributed by atoms with van der Waals surface area (Å²) in [6.45, 7) is 6.54. The molecule has 0 unspecified atom stereocenters. The molecule has 74 valence electrons. The molecule has 0 saturated heterocycles. The molecular weight excluding hydrogens is 296 g/mol. The monoisotopic (exact) mass is 308 g/mol. The number of ketones is 1. The highest BCUT2D eigenvalue weighted by Crippen LogP contribution is 2.70. The Hall–Kier alpha value is 0.630. The molecule has 0 aromatic rings. The highest BCUT2D eigenvalue weighted by Gasteiger charge is 2.71. The van der Waals surface area contributed by atoms with Crippen LogP contribution in [0.5, 0.6) is 0 Å². The molecule has 13 heavy (non-hydrogen) atoms. The average Bonchev–Trinajstić information content (AvgIpc) is 2.26. The van der Waals surface area contributed by atoms with Crippen molar-refractivity contribution in [1.29, 1.82) is 0 Å². The van der Waals surface area contributed by atoms with Crippen LogP contribution >= 0.6 is 31.9 Å². The van der Waals surface area contributed by atoms with Crippen LogP contribution < -0.4 is 0 Å². The van der Waals surface area contributed by atoms with Crippen LogP contribution in [0.4, 0.5) is 0 Å². The van der Waals surface area contributed by atoms with Crippen molar-refractivity contribution >= 4 is 37.6 Å². The van der Waals surface area contributed by atoms with Crippen molar-refractivity contribution in [2.45, 2.75) is 36.8 Å². The third-order valence-corrected chi connectivity index (χ3v) is 6.29. The lowest BCUT2D eigenvalue weighted by atomic mass is 9.70. The van der Waals surface area contributed by atoms with E-state index in [4.69, 9.17) is 0 Å². The van der Waals surface area contributed by atoms with Crippen molar-refractivity contribution in [2.24, 2.45) is 16.7 Å². The molecule has 0 radical (unpaired) electrons. The summed E-state index contributed by atoms with van der Waals surface area (Å²) in [5.74, 6) is 0.763. The quantitative estimate of drug-likeness (QED) is 0.626. The highest BCUT2D eigenvalue weighted by atomic mass is 79.9. The van der Waals surface area contributed by atoms with Gasteiger partial charge in [-0.15, -0.1) is 0 Å². The lowest BCUT2D eigenvalue weighted by molar-refractivity contribution is -0.128. The molecule has 2 aliphatic rings. The van der Waals surface area contributed by atoms with Crippen molar-refractivity contribution in [2.75, 3.05) is 0 Å². The van der Waals surface area contributed by atoms with Gasteiger partial charge in [0.25, 0.3) is 0 Å². The summed E-state index contributed by atoms with van der Waals surface area (Å²) in [6.07, 6.45) is 2.19. The molecule has 0 aromatic heterocycles. The molecule has 0 aromatic carbocycles. The Morgan fingerprint density at radius 3 is 2.08 bits per heavy atom. The molecule has 0 heterocycles. The smallest absolute Gasteiger partial charge is 0.166 e. The van der Waals surface area contributed by atoms with Crippen LogP contribution in [0.3, 0.4) is 0 Å². The molecule has 0 aliphatic heterocycles. The van der Waals surface area contributed by atoms with E-state index in [1.807, 2.05) is 0 Å². The number of Topliss-reactive ketones (excluding diaryl/α,β-unsaturated/α-hetero) is 1. The zero-order chi connectivity index (χ0) is 10.1. The SMILES string of the molecule is CC1(C)[C@H]2CC[C@@]1(C)C(=O)C2(Br)Br.